The molecule has 2 fully saturated rings. The lowest BCUT2D eigenvalue weighted by molar-refractivity contribution is 0.183. The van der Waals surface area contributed by atoms with Crippen molar-refractivity contribution in [3.8, 4) is 0 Å². The fourth-order valence-electron chi connectivity index (χ4n) is 3.20. The minimum Gasteiger partial charge on any atom is -0.369 e. The molecule has 0 unspecified atom stereocenters. The molecule has 2 heterocycles. The highest BCUT2D eigenvalue weighted by Crippen LogP contribution is 2.17. The van der Waals surface area contributed by atoms with E-state index >= 15 is 0 Å². The van der Waals surface area contributed by atoms with E-state index in [1.165, 1.54) is 50.5 Å². The van der Waals surface area contributed by atoms with Crippen molar-refractivity contribution in [1.29, 1.82) is 0 Å². The zero-order valence-corrected chi connectivity index (χ0v) is 15.2. The number of rotatable bonds is 4. The number of nitrogens with one attached hydrogen (secondary N) is 1. The third-order valence-electron chi connectivity index (χ3n) is 4.71. The highest BCUT2D eigenvalue weighted by Gasteiger charge is 2.18. The summed E-state index contributed by atoms with van der Waals surface area (Å²) in [5.41, 5.74) is 2.72. The standard InChI is InChI=1S/C17H28N4.C2H6/c1-16-2-4-17(5-3-16)21-14-12-20(13-15-21)11-10-19-8-6-18-7-9-19;1-2/h2-5,18H,6-15H2,1H3;1-2H3. The smallest absolute Gasteiger partial charge is 0.0367 e. The maximum absolute atomic E-state index is 3.42. The molecule has 0 atom stereocenters. The van der Waals surface area contributed by atoms with Crippen LogP contribution in [0.2, 0.25) is 0 Å². The SMILES string of the molecule is CC.Cc1ccc(N2CCN(CCN3CCNCC3)CC2)cc1. The number of aryl methyl sites for hydroxylation is 1. The molecule has 0 aliphatic carbocycles. The van der Waals surface area contributed by atoms with E-state index in [4.69, 9.17) is 0 Å². The maximum atomic E-state index is 3.42. The lowest BCUT2D eigenvalue weighted by Crippen LogP contribution is -2.50. The summed E-state index contributed by atoms with van der Waals surface area (Å²) in [6.45, 7) is 18.0. The second kappa shape index (κ2) is 9.91. The third kappa shape index (κ3) is 5.79. The van der Waals surface area contributed by atoms with Crippen molar-refractivity contribution in [2.45, 2.75) is 20.8 Å². The molecule has 3 rings (SSSR count). The van der Waals surface area contributed by atoms with Gasteiger partial charge < -0.3 is 10.2 Å². The highest BCUT2D eigenvalue weighted by molar-refractivity contribution is 5.47. The van der Waals surface area contributed by atoms with E-state index in [1.807, 2.05) is 13.8 Å². The Balaban J connectivity index is 0.000000924. The molecule has 0 spiro atoms. The number of hydrogen-bond acceptors (Lipinski definition) is 4. The Bertz CT molecular complexity index is 418. The number of piperazine rings is 2. The molecule has 0 aromatic heterocycles. The van der Waals surface area contributed by atoms with Gasteiger partial charge in [-0.2, -0.15) is 0 Å². The summed E-state index contributed by atoms with van der Waals surface area (Å²) in [6.07, 6.45) is 0. The molecule has 0 saturated carbocycles. The Kier molecular flexibility index (Phi) is 7.86. The molecule has 1 aromatic rings. The molecule has 2 aliphatic rings. The molecule has 1 N–H and O–H groups in total. The molecule has 4 nitrogen and oxygen atoms in total. The van der Waals surface area contributed by atoms with Crippen molar-refractivity contribution >= 4 is 5.69 Å². The van der Waals surface area contributed by atoms with E-state index in [9.17, 15) is 0 Å². The van der Waals surface area contributed by atoms with Crippen molar-refractivity contribution < 1.29 is 0 Å². The molecule has 1 aromatic carbocycles. The summed E-state index contributed by atoms with van der Waals surface area (Å²) in [7, 11) is 0. The lowest BCUT2D eigenvalue weighted by atomic mass is 10.2. The van der Waals surface area contributed by atoms with Crippen LogP contribution in [0.1, 0.15) is 19.4 Å². The summed E-state index contributed by atoms with van der Waals surface area (Å²) in [5.74, 6) is 0. The number of nitrogens with zero attached hydrogens (tertiary/aromatic N) is 3. The van der Waals surface area contributed by atoms with Crippen LogP contribution in [0.5, 0.6) is 0 Å². The van der Waals surface area contributed by atoms with Crippen LogP contribution in [-0.2, 0) is 0 Å². The summed E-state index contributed by atoms with van der Waals surface area (Å²) >= 11 is 0. The highest BCUT2D eigenvalue weighted by atomic mass is 15.3. The van der Waals surface area contributed by atoms with E-state index in [1.54, 1.807) is 0 Å². The molecule has 0 amide bonds. The van der Waals surface area contributed by atoms with E-state index in [-0.39, 0.29) is 0 Å². The zero-order valence-electron chi connectivity index (χ0n) is 15.2. The normalized spacial score (nSPS) is 20.0. The second-order valence-corrected chi connectivity index (χ2v) is 6.26. The Morgan fingerprint density at radius 2 is 1.30 bits per heavy atom. The van der Waals surface area contributed by atoms with Gasteiger partial charge in [0, 0.05) is 71.1 Å². The van der Waals surface area contributed by atoms with Gasteiger partial charge in [-0.1, -0.05) is 31.5 Å². The molecule has 0 radical (unpaired) electrons. The monoisotopic (exact) mass is 318 g/mol. The predicted octanol–water partition coefficient (Wildman–Crippen LogP) is 2.05. The Labute approximate surface area is 142 Å². The van der Waals surface area contributed by atoms with E-state index < -0.39 is 0 Å². The zero-order chi connectivity index (χ0) is 16.5. The second-order valence-electron chi connectivity index (χ2n) is 6.26. The molecule has 2 saturated heterocycles. The first-order chi connectivity index (χ1) is 11.3. The summed E-state index contributed by atoms with van der Waals surface area (Å²) in [5, 5.41) is 3.42. The Morgan fingerprint density at radius 3 is 1.87 bits per heavy atom. The third-order valence-corrected chi connectivity index (χ3v) is 4.71. The molecule has 2 aliphatic heterocycles. The number of anilines is 1. The van der Waals surface area contributed by atoms with Crippen LogP contribution < -0.4 is 10.2 Å². The van der Waals surface area contributed by atoms with Gasteiger partial charge in [-0.15, -0.1) is 0 Å². The number of benzene rings is 1. The van der Waals surface area contributed by atoms with E-state index in [0.29, 0.717) is 0 Å². The largest absolute Gasteiger partial charge is 0.369 e. The van der Waals surface area contributed by atoms with Gasteiger partial charge in [0.2, 0.25) is 0 Å². The average Bonchev–Trinajstić information content (AvgIpc) is 2.64. The lowest BCUT2D eigenvalue weighted by Gasteiger charge is -2.37. The van der Waals surface area contributed by atoms with Crippen molar-refractivity contribution in [2.24, 2.45) is 0 Å². The molecule has 4 heteroatoms. The van der Waals surface area contributed by atoms with Crippen LogP contribution in [-0.4, -0.2) is 75.2 Å². The van der Waals surface area contributed by atoms with Crippen molar-refractivity contribution in [1.82, 2.24) is 15.1 Å². The van der Waals surface area contributed by atoms with Crippen LogP contribution in [0.3, 0.4) is 0 Å². The summed E-state index contributed by atoms with van der Waals surface area (Å²) in [4.78, 5) is 7.72. The molecule has 130 valence electrons. The van der Waals surface area contributed by atoms with Crippen LogP contribution in [0.15, 0.2) is 24.3 Å². The quantitative estimate of drug-likeness (QED) is 0.917. The van der Waals surface area contributed by atoms with Crippen molar-refractivity contribution in [3.05, 3.63) is 29.8 Å². The van der Waals surface area contributed by atoms with Gasteiger partial charge in [-0.3, -0.25) is 9.80 Å². The first kappa shape index (κ1) is 18.2. The predicted molar refractivity (Wildman–Crippen MR) is 100 cm³/mol. The minimum absolute atomic E-state index is 1.15. The van der Waals surface area contributed by atoms with Crippen molar-refractivity contribution in [2.75, 3.05) is 70.3 Å². The van der Waals surface area contributed by atoms with Gasteiger partial charge in [0.15, 0.2) is 0 Å². The number of hydrogen-bond donors (Lipinski definition) is 1. The summed E-state index contributed by atoms with van der Waals surface area (Å²) in [6, 6.07) is 8.94. The molecule has 0 bridgehead atoms. The van der Waals surface area contributed by atoms with Crippen molar-refractivity contribution in [3.63, 3.8) is 0 Å². The first-order valence-corrected chi connectivity index (χ1v) is 9.28. The van der Waals surface area contributed by atoms with Gasteiger partial charge in [0.05, 0.1) is 0 Å². The fraction of sp³-hybridized carbons (Fsp3) is 0.684. The van der Waals surface area contributed by atoms with Gasteiger partial charge in [-0.25, -0.2) is 0 Å². The summed E-state index contributed by atoms with van der Waals surface area (Å²) < 4.78 is 0. The fourth-order valence-corrected chi connectivity index (χ4v) is 3.20. The molecule has 23 heavy (non-hydrogen) atoms. The van der Waals surface area contributed by atoms with Gasteiger partial charge in [0.1, 0.15) is 0 Å². The average molecular weight is 319 g/mol. The van der Waals surface area contributed by atoms with Crippen LogP contribution >= 0.6 is 0 Å². The van der Waals surface area contributed by atoms with Gasteiger partial charge in [-0.05, 0) is 19.1 Å². The van der Waals surface area contributed by atoms with Gasteiger partial charge >= 0.3 is 0 Å². The Hall–Kier alpha value is -1.10. The topological polar surface area (TPSA) is 21.8 Å². The van der Waals surface area contributed by atoms with E-state index in [2.05, 4.69) is 51.2 Å². The molecular weight excluding hydrogens is 284 g/mol. The van der Waals surface area contributed by atoms with Gasteiger partial charge in [0.25, 0.3) is 0 Å². The molecular formula is C19H34N4. The van der Waals surface area contributed by atoms with Crippen LogP contribution in [0.4, 0.5) is 5.69 Å². The van der Waals surface area contributed by atoms with E-state index in [0.717, 1.165) is 26.2 Å². The first-order valence-electron chi connectivity index (χ1n) is 9.28. The Morgan fingerprint density at radius 1 is 0.783 bits per heavy atom. The van der Waals surface area contributed by atoms with Crippen LogP contribution in [0.25, 0.3) is 0 Å². The van der Waals surface area contributed by atoms with Crippen LogP contribution in [0, 0.1) is 6.92 Å². The minimum atomic E-state index is 1.15. The maximum Gasteiger partial charge on any atom is 0.0367 e.